The molecule has 2 rings (SSSR count). The van der Waals surface area contributed by atoms with Crippen LogP contribution in [0.25, 0.3) is 10.9 Å². The molecule has 0 bridgehead atoms. The Hall–Kier alpha value is -2.07. The lowest BCUT2D eigenvalue weighted by Crippen LogP contribution is -2.17. The number of para-hydroxylation sites is 1. The third-order valence-electron chi connectivity index (χ3n) is 3.10. The van der Waals surface area contributed by atoms with Crippen LogP contribution >= 0.6 is 0 Å². The number of hydrogen-bond acceptors (Lipinski definition) is 2. The summed E-state index contributed by atoms with van der Waals surface area (Å²) in [5.74, 6) is -0.908. The third-order valence-corrected chi connectivity index (χ3v) is 3.10. The molecular formula is C15H18N2O2. The normalized spacial score (nSPS) is 11.4. The molecule has 0 unspecified atom stereocenters. The van der Waals surface area contributed by atoms with Crippen LogP contribution in [0, 0.1) is 6.92 Å². The molecule has 2 aromatic rings. The highest BCUT2D eigenvalue weighted by atomic mass is 16.4. The number of fused-ring (bicyclic) bond motifs is 1. The van der Waals surface area contributed by atoms with Gasteiger partial charge in [0.05, 0.1) is 0 Å². The molecule has 19 heavy (non-hydrogen) atoms. The van der Waals surface area contributed by atoms with Gasteiger partial charge < -0.3 is 15.4 Å². The maximum absolute atomic E-state index is 10.3. The Morgan fingerprint density at radius 3 is 3.00 bits per heavy atom. The van der Waals surface area contributed by atoms with Gasteiger partial charge in [0.15, 0.2) is 0 Å². The summed E-state index contributed by atoms with van der Waals surface area (Å²) in [5.41, 5.74) is 3.69. The van der Waals surface area contributed by atoms with Gasteiger partial charge in [-0.3, -0.25) is 0 Å². The van der Waals surface area contributed by atoms with Gasteiger partial charge in [-0.1, -0.05) is 24.3 Å². The fourth-order valence-corrected chi connectivity index (χ4v) is 2.22. The molecule has 100 valence electrons. The largest absolute Gasteiger partial charge is 0.478 e. The minimum Gasteiger partial charge on any atom is -0.478 e. The summed E-state index contributed by atoms with van der Waals surface area (Å²) in [6, 6.07) is 8.27. The predicted molar refractivity (Wildman–Crippen MR) is 76.4 cm³/mol. The predicted octanol–water partition coefficient (Wildman–Crippen LogP) is 2.25. The van der Waals surface area contributed by atoms with Crippen LogP contribution in [0.5, 0.6) is 0 Å². The van der Waals surface area contributed by atoms with Gasteiger partial charge in [-0.05, 0) is 31.5 Å². The van der Waals surface area contributed by atoms with Crippen LogP contribution in [0.4, 0.5) is 0 Å². The Labute approximate surface area is 112 Å². The van der Waals surface area contributed by atoms with E-state index >= 15 is 0 Å². The van der Waals surface area contributed by atoms with Crippen LogP contribution in [0.1, 0.15) is 11.3 Å². The second-order valence-corrected chi connectivity index (χ2v) is 4.47. The van der Waals surface area contributed by atoms with E-state index in [0.717, 1.165) is 19.0 Å². The van der Waals surface area contributed by atoms with E-state index in [9.17, 15) is 4.79 Å². The number of aliphatic carboxylic acids is 1. The molecule has 0 aliphatic rings. The van der Waals surface area contributed by atoms with E-state index in [4.69, 9.17) is 5.11 Å². The van der Waals surface area contributed by atoms with Gasteiger partial charge in [0.25, 0.3) is 0 Å². The number of aromatic nitrogens is 1. The zero-order chi connectivity index (χ0) is 13.7. The molecule has 0 aliphatic carbocycles. The fourth-order valence-electron chi connectivity index (χ4n) is 2.22. The summed E-state index contributed by atoms with van der Waals surface area (Å²) < 4.78 is 0. The lowest BCUT2D eigenvalue weighted by Gasteiger charge is -2.02. The zero-order valence-electron chi connectivity index (χ0n) is 10.9. The first-order valence-electron chi connectivity index (χ1n) is 6.35. The Bertz CT molecular complexity index is 599. The Morgan fingerprint density at radius 2 is 2.21 bits per heavy atom. The summed E-state index contributed by atoms with van der Waals surface area (Å²) in [6.45, 7) is 3.49. The van der Waals surface area contributed by atoms with Crippen molar-refractivity contribution in [2.75, 3.05) is 13.1 Å². The van der Waals surface area contributed by atoms with Crippen molar-refractivity contribution in [1.29, 1.82) is 0 Å². The fraction of sp³-hybridized carbons (Fsp3) is 0.267. The Morgan fingerprint density at radius 1 is 1.42 bits per heavy atom. The minimum absolute atomic E-state index is 0.577. The summed E-state index contributed by atoms with van der Waals surface area (Å²) in [7, 11) is 0. The number of hydrogen-bond donors (Lipinski definition) is 3. The van der Waals surface area contributed by atoms with E-state index < -0.39 is 5.97 Å². The highest BCUT2D eigenvalue weighted by molar-refractivity contribution is 5.84. The zero-order valence-corrected chi connectivity index (χ0v) is 10.9. The molecule has 4 heteroatoms. The van der Waals surface area contributed by atoms with E-state index in [-0.39, 0.29) is 0 Å². The highest BCUT2D eigenvalue weighted by Crippen LogP contribution is 2.21. The van der Waals surface area contributed by atoms with Crippen LogP contribution < -0.4 is 5.32 Å². The van der Waals surface area contributed by atoms with Gasteiger partial charge in [0.2, 0.25) is 0 Å². The first-order valence-corrected chi connectivity index (χ1v) is 6.35. The van der Waals surface area contributed by atoms with E-state index in [1.165, 1.54) is 22.2 Å². The molecular weight excluding hydrogens is 240 g/mol. The summed E-state index contributed by atoms with van der Waals surface area (Å²) in [6.07, 6.45) is 3.70. The topological polar surface area (TPSA) is 65.1 Å². The quantitative estimate of drug-likeness (QED) is 0.550. The number of carboxylic acid groups (broad SMARTS) is 1. The van der Waals surface area contributed by atoms with Crippen LogP contribution in [0.3, 0.4) is 0 Å². The molecule has 1 heterocycles. The van der Waals surface area contributed by atoms with Crippen molar-refractivity contribution < 1.29 is 9.90 Å². The number of aromatic amines is 1. The summed E-state index contributed by atoms with van der Waals surface area (Å²) in [4.78, 5) is 13.7. The van der Waals surface area contributed by atoms with Gasteiger partial charge in [0, 0.05) is 29.2 Å². The molecule has 0 saturated carbocycles. The molecule has 1 aromatic heterocycles. The number of rotatable bonds is 6. The van der Waals surface area contributed by atoms with E-state index in [1.54, 1.807) is 6.08 Å². The minimum atomic E-state index is -0.908. The first kappa shape index (κ1) is 13.4. The Balaban J connectivity index is 1.91. The van der Waals surface area contributed by atoms with Crippen LogP contribution in [-0.2, 0) is 11.2 Å². The molecule has 0 saturated heterocycles. The average molecular weight is 258 g/mol. The maximum Gasteiger partial charge on any atom is 0.328 e. The smallest absolute Gasteiger partial charge is 0.328 e. The van der Waals surface area contributed by atoms with E-state index in [2.05, 4.69) is 29.4 Å². The number of carbonyl (C=O) groups is 1. The summed E-state index contributed by atoms with van der Waals surface area (Å²) in [5, 5.41) is 12.9. The average Bonchev–Trinajstić information content (AvgIpc) is 2.69. The second-order valence-electron chi connectivity index (χ2n) is 4.47. The molecule has 0 amide bonds. The highest BCUT2D eigenvalue weighted by Gasteiger charge is 2.06. The lowest BCUT2D eigenvalue weighted by molar-refractivity contribution is -0.131. The molecule has 1 aromatic carbocycles. The monoisotopic (exact) mass is 258 g/mol. The van der Waals surface area contributed by atoms with Crippen molar-refractivity contribution in [1.82, 2.24) is 10.3 Å². The molecule has 0 atom stereocenters. The standard InChI is InChI=1S/C15H18N2O2/c1-11-12(8-10-16-9-4-7-15(18)19)13-5-2-3-6-14(13)17-11/h2-7,16-17H,8-10H2,1H3,(H,18,19)/b7-4+. The van der Waals surface area contributed by atoms with Crippen LogP contribution in [0.2, 0.25) is 0 Å². The number of benzene rings is 1. The molecule has 0 fully saturated rings. The SMILES string of the molecule is Cc1[nH]c2ccccc2c1CCNC/C=C/C(=O)O. The third kappa shape index (κ3) is 3.45. The lowest BCUT2D eigenvalue weighted by atomic mass is 10.1. The van der Waals surface area contributed by atoms with Crippen LogP contribution in [0.15, 0.2) is 36.4 Å². The number of carboxylic acids is 1. The van der Waals surface area contributed by atoms with Gasteiger partial charge in [-0.25, -0.2) is 4.79 Å². The van der Waals surface area contributed by atoms with Crippen molar-refractivity contribution in [3.8, 4) is 0 Å². The van der Waals surface area contributed by atoms with Crippen LogP contribution in [-0.4, -0.2) is 29.1 Å². The van der Waals surface area contributed by atoms with Gasteiger partial charge in [0.1, 0.15) is 0 Å². The molecule has 0 radical (unpaired) electrons. The van der Waals surface area contributed by atoms with E-state index in [0.29, 0.717) is 6.54 Å². The molecule has 0 spiro atoms. The van der Waals surface area contributed by atoms with Crippen molar-refractivity contribution >= 4 is 16.9 Å². The van der Waals surface area contributed by atoms with Gasteiger partial charge in [-0.2, -0.15) is 0 Å². The second kappa shape index (κ2) is 6.20. The van der Waals surface area contributed by atoms with Crippen molar-refractivity contribution in [3.63, 3.8) is 0 Å². The molecule has 3 N–H and O–H groups in total. The van der Waals surface area contributed by atoms with Crippen molar-refractivity contribution in [2.24, 2.45) is 0 Å². The van der Waals surface area contributed by atoms with E-state index in [1.807, 2.05) is 12.1 Å². The molecule has 0 aliphatic heterocycles. The number of aryl methyl sites for hydroxylation is 1. The van der Waals surface area contributed by atoms with Crippen molar-refractivity contribution in [3.05, 3.63) is 47.7 Å². The summed E-state index contributed by atoms with van der Waals surface area (Å²) >= 11 is 0. The number of nitrogens with one attached hydrogen (secondary N) is 2. The molecule has 4 nitrogen and oxygen atoms in total. The van der Waals surface area contributed by atoms with Crippen molar-refractivity contribution in [2.45, 2.75) is 13.3 Å². The first-order chi connectivity index (χ1) is 9.18. The number of H-pyrrole nitrogens is 1. The maximum atomic E-state index is 10.3. The Kier molecular flexibility index (Phi) is 4.36. The van der Waals surface area contributed by atoms with Gasteiger partial charge in [-0.15, -0.1) is 0 Å². The van der Waals surface area contributed by atoms with Gasteiger partial charge >= 0.3 is 5.97 Å².